The van der Waals surface area contributed by atoms with Crippen molar-refractivity contribution >= 4 is 17.9 Å². The van der Waals surface area contributed by atoms with Crippen molar-refractivity contribution in [3.63, 3.8) is 0 Å². The summed E-state index contributed by atoms with van der Waals surface area (Å²) in [6, 6.07) is 1.85. The Morgan fingerprint density at radius 1 is 0.538 bits per heavy atom. The Kier molecular flexibility index (Phi) is 6.79. The first kappa shape index (κ1) is 21.1. The fraction of sp³-hybridized carbons (Fsp3) is 1.00. The van der Waals surface area contributed by atoms with Crippen LogP contribution in [-0.2, 0) is 0 Å². The highest BCUT2D eigenvalue weighted by atomic mass is 28.4. The Hall–Kier alpha value is 0.354. The molecule has 0 bridgehead atoms. The van der Waals surface area contributed by atoms with E-state index < -0.39 is 17.9 Å². The van der Waals surface area contributed by atoms with Gasteiger partial charge in [0.15, 0.2) is 0 Å². The first-order valence-electron chi connectivity index (χ1n) is 11.7. The standard InChI is InChI=1S/C22H46N2Si2/c1-21(2,3)23(19-13-9-7-10-14-19)25-17-26(18-25)24(22(4,5)6)20-15-11-8-12-16-20/h19-20,25-26H,7-18H2,1-6H3. The zero-order valence-electron chi connectivity index (χ0n) is 18.7. The Morgan fingerprint density at radius 3 is 1.12 bits per heavy atom. The first-order chi connectivity index (χ1) is 12.2. The van der Waals surface area contributed by atoms with Gasteiger partial charge in [0.05, 0.1) is 0 Å². The number of nitrogens with zero attached hydrogens (tertiary/aromatic N) is 2. The Labute approximate surface area is 167 Å². The Bertz CT molecular complexity index is 396. The smallest absolute Gasteiger partial charge is 0.109 e. The van der Waals surface area contributed by atoms with Gasteiger partial charge in [-0.15, -0.1) is 0 Å². The molecule has 1 aliphatic heterocycles. The molecule has 0 radical (unpaired) electrons. The first-order valence-corrected chi connectivity index (χ1v) is 16.0. The van der Waals surface area contributed by atoms with Crippen LogP contribution in [0.5, 0.6) is 0 Å². The SMILES string of the molecule is CC(C)(C)N(C1CCCCC1)[SiH]1C[SiH](N(C2CCCCC2)C(C)(C)C)C1. The van der Waals surface area contributed by atoms with Crippen molar-refractivity contribution in [2.24, 2.45) is 0 Å². The summed E-state index contributed by atoms with van der Waals surface area (Å²) in [7, 11) is -1.40. The summed E-state index contributed by atoms with van der Waals surface area (Å²) in [6.07, 6.45) is 14.8. The quantitative estimate of drug-likeness (QED) is 0.590. The van der Waals surface area contributed by atoms with Gasteiger partial charge in [-0.05, 0) is 78.6 Å². The fourth-order valence-corrected chi connectivity index (χ4v) is 18.6. The molecule has 2 nitrogen and oxygen atoms in total. The molecule has 3 fully saturated rings. The molecule has 2 saturated carbocycles. The van der Waals surface area contributed by atoms with Crippen LogP contribution in [0.1, 0.15) is 106 Å². The molecule has 152 valence electrons. The summed E-state index contributed by atoms with van der Waals surface area (Å²) >= 11 is 0. The third-order valence-corrected chi connectivity index (χ3v) is 20.0. The zero-order chi connectivity index (χ0) is 18.9. The van der Waals surface area contributed by atoms with Crippen LogP contribution in [-0.4, -0.2) is 50.2 Å². The van der Waals surface area contributed by atoms with Crippen LogP contribution in [0.15, 0.2) is 0 Å². The molecule has 3 aliphatic rings. The van der Waals surface area contributed by atoms with E-state index in [0.717, 1.165) is 12.1 Å². The van der Waals surface area contributed by atoms with Crippen molar-refractivity contribution in [3.8, 4) is 0 Å². The predicted molar refractivity (Wildman–Crippen MR) is 121 cm³/mol. The highest BCUT2D eigenvalue weighted by Crippen LogP contribution is 2.40. The summed E-state index contributed by atoms with van der Waals surface area (Å²) < 4.78 is 6.24. The Morgan fingerprint density at radius 2 is 0.846 bits per heavy atom. The van der Waals surface area contributed by atoms with E-state index in [9.17, 15) is 0 Å². The number of hydrogen-bond donors (Lipinski definition) is 0. The molecule has 0 aromatic carbocycles. The topological polar surface area (TPSA) is 6.48 Å². The molecule has 0 N–H and O–H groups in total. The minimum atomic E-state index is -0.701. The number of hydrogen-bond acceptors (Lipinski definition) is 2. The van der Waals surface area contributed by atoms with Crippen molar-refractivity contribution < 1.29 is 0 Å². The van der Waals surface area contributed by atoms with E-state index in [-0.39, 0.29) is 0 Å². The molecule has 26 heavy (non-hydrogen) atoms. The van der Waals surface area contributed by atoms with E-state index in [2.05, 4.69) is 50.7 Å². The van der Waals surface area contributed by atoms with Gasteiger partial charge in [0.1, 0.15) is 17.9 Å². The minimum Gasteiger partial charge on any atom is -0.319 e. The van der Waals surface area contributed by atoms with Crippen LogP contribution in [0.25, 0.3) is 0 Å². The van der Waals surface area contributed by atoms with Crippen molar-refractivity contribution in [2.75, 3.05) is 0 Å². The van der Waals surface area contributed by atoms with Gasteiger partial charge in [0, 0.05) is 23.2 Å². The maximum Gasteiger partial charge on any atom is 0.109 e. The van der Waals surface area contributed by atoms with Crippen LogP contribution in [0.4, 0.5) is 0 Å². The second-order valence-corrected chi connectivity index (χ2v) is 19.0. The van der Waals surface area contributed by atoms with Crippen molar-refractivity contribution in [1.29, 1.82) is 0 Å². The lowest BCUT2D eigenvalue weighted by Gasteiger charge is -2.58. The van der Waals surface area contributed by atoms with Crippen molar-refractivity contribution in [2.45, 2.75) is 140 Å². The van der Waals surface area contributed by atoms with Gasteiger partial charge in [-0.3, -0.25) is 0 Å². The maximum absolute atomic E-state index is 3.12. The molecule has 0 aromatic rings. The van der Waals surface area contributed by atoms with Gasteiger partial charge in [0.25, 0.3) is 0 Å². The van der Waals surface area contributed by atoms with Gasteiger partial charge in [0.2, 0.25) is 0 Å². The van der Waals surface area contributed by atoms with Crippen molar-refractivity contribution in [1.82, 2.24) is 9.13 Å². The van der Waals surface area contributed by atoms with E-state index in [0.29, 0.717) is 11.1 Å². The lowest BCUT2D eigenvalue weighted by molar-refractivity contribution is 0.138. The largest absolute Gasteiger partial charge is 0.319 e. The van der Waals surface area contributed by atoms with Crippen LogP contribution >= 0.6 is 0 Å². The van der Waals surface area contributed by atoms with Gasteiger partial charge >= 0.3 is 0 Å². The molecule has 1 heterocycles. The Balaban J connectivity index is 1.67. The fourth-order valence-electron chi connectivity index (χ4n) is 6.52. The third-order valence-electron chi connectivity index (χ3n) is 7.36. The van der Waals surface area contributed by atoms with E-state index in [4.69, 9.17) is 0 Å². The average molecular weight is 395 g/mol. The van der Waals surface area contributed by atoms with E-state index >= 15 is 0 Å². The summed E-state index contributed by atoms with van der Waals surface area (Å²) in [6.45, 7) is 15.0. The van der Waals surface area contributed by atoms with Gasteiger partial charge in [-0.1, -0.05) is 38.5 Å². The normalized spacial score (nSPS) is 30.0. The molecule has 0 amide bonds. The van der Waals surface area contributed by atoms with E-state index in [1.54, 1.807) is 11.3 Å². The lowest BCUT2D eigenvalue weighted by atomic mass is 9.93. The molecule has 0 unspecified atom stereocenters. The molecule has 4 heteroatoms. The highest BCUT2D eigenvalue weighted by Gasteiger charge is 2.48. The summed E-state index contributed by atoms with van der Waals surface area (Å²) in [4.78, 5) is 0. The molecular formula is C22H46N2Si2. The van der Waals surface area contributed by atoms with Crippen molar-refractivity contribution in [3.05, 3.63) is 0 Å². The third kappa shape index (κ3) is 4.85. The number of rotatable bonds is 4. The summed E-state index contributed by atoms with van der Waals surface area (Å²) in [5.74, 6) is 0. The van der Waals surface area contributed by atoms with Crippen LogP contribution in [0, 0.1) is 0 Å². The highest BCUT2D eigenvalue weighted by molar-refractivity contribution is 6.92. The second-order valence-electron chi connectivity index (χ2n) is 11.5. The van der Waals surface area contributed by atoms with E-state index in [1.165, 1.54) is 64.2 Å². The molecule has 3 rings (SSSR count). The van der Waals surface area contributed by atoms with Crippen LogP contribution in [0.3, 0.4) is 0 Å². The van der Waals surface area contributed by atoms with Gasteiger partial charge < -0.3 is 9.13 Å². The van der Waals surface area contributed by atoms with Gasteiger partial charge in [-0.25, -0.2) is 0 Å². The van der Waals surface area contributed by atoms with Crippen LogP contribution in [0.2, 0.25) is 11.3 Å². The van der Waals surface area contributed by atoms with Gasteiger partial charge in [-0.2, -0.15) is 0 Å². The predicted octanol–water partition coefficient (Wildman–Crippen LogP) is 5.39. The molecule has 2 aliphatic carbocycles. The molecular weight excluding hydrogens is 348 g/mol. The van der Waals surface area contributed by atoms with Crippen LogP contribution < -0.4 is 0 Å². The average Bonchev–Trinajstić information content (AvgIpc) is 2.52. The molecule has 0 atom stereocenters. The monoisotopic (exact) mass is 394 g/mol. The minimum absolute atomic E-state index is 0.398. The lowest BCUT2D eigenvalue weighted by Crippen LogP contribution is -2.69. The summed E-state index contributed by atoms with van der Waals surface area (Å²) in [5, 5.41) is 0. The summed E-state index contributed by atoms with van der Waals surface area (Å²) in [5.41, 5.74) is 4.16. The second kappa shape index (κ2) is 8.38. The molecule has 0 spiro atoms. The molecule has 1 saturated heterocycles. The van der Waals surface area contributed by atoms with E-state index in [1.807, 2.05) is 0 Å². The molecule has 0 aromatic heterocycles. The zero-order valence-corrected chi connectivity index (χ0v) is 21.0. The maximum atomic E-state index is 3.12.